The summed E-state index contributed by atoms with van der Waals surface area (Å²) < 4.78 is 25.6. The molecular weight excluding hydrogens is 408 g/mol. The quantitative estimate of drug-likeness (QED) is 0.667. The molecule has 0 aliphatic heterocycles. The summed E-state index contributed by atoms with van der Waals surface area (Å²) in [7, 11) is -0.493. The summed E-state index contributed by atoms with van der Waals surface area (Å²) in [4.78, 5) is 23.4. The first-order valence-electron chi connectivity index (χ1n) is 9.10. The van der Waals surface area contributed by atoms with E-state index in [-0.39, 0.29) is 16.8 Å². The fourth-order valence-electron chi connectivity index (χ4n) is 3.18. The van der Waals surface area contributed by atoms with Gasteiger partial charge >= 0.3 is 0 Å². The number of sulfonamides is 1. The number of aromatic nitrogens is 2. The molecule has 3 rings (SSSR count). The third kappa shape index (κ3) is 4.03. The molecule has 0 saturated heterocycles. The minimum absolute atomic E-state index is 0.181. The Kier molecular flexibility index (Phi) is 5.75. The van der Waals surface area contributed by atoms with Crippen molar-refractivity contribution in [2.75, 3.05) is 14.1 Å². The number of hydrogen-bond acceptors (Lipinski definition) is 6. The number of carbonyl (C=O) groups is 1. The first kappa shape index (κ1) is 21.4. The Morgan fingerprint density at radius 2 is 1.72 bits per heavy atom. The zero-order valence-electron chi connectivity index (χ0n) is 17.3. The van der Waals surface area contributed by atoms with Crippen LogP contribution >= 0.6 is 11.3 Å². The van der Waals surface area contributed by atoms with Crippen LogP contribution in [0.3, 0.4) is 0 Å². The molecule has 29 heavy (non-hydrogen) atoms. The normalized spacial score (nSPS) is 13.1. The summed E-state index contributed by atoms with van der Waals surface area (Å²) >= 11 is 1.36. The van der Waals surface area contributed by atoms with E-state index >= 15 is 0 Å². The highest BCUT2D eigenvalue weighted by atomic mass is 32.2. The number of nitrogens with zero attached hydrogens (tertiary/aromatic N) is 3. The second-order valence-electron chi connectivity index (χ2n) is 7.14. The van der Waals surface area contributed by atoms with E-state index < -0.39 is 10.0 Å². The lowest BCUT2D eigenvalue weighted by molar-refractivity contribution is 0.0943. The van der Waals surface area contributed by atoms with E-state index in [2.05, 4.69) is 15.3 Å². The number of fused-ring (bicyclic) bond motifs is 1. The Hall–Kier alpha value is -2.36. The zero-order chi connectivity index (χ0) is 21.5. The van der Waals surface area contributed by atoms with Gasteiger partial charge in [0, 0.05) is 25.2 Å². The van der Waals surface area contributed by atoms with E-state index in [1.165, 1.54) is 29.7 Å². The second kappa shape index (κ2) is 7.81. The van der Waals surface area contributed by atoms with Crippen LogP contribution in [0.5, 0.6) is 0 Å². The molecule has 1 unspecified atom stereocenters. The number of rotatable bonds is 5. The van der Waals surface area contributed by atoms with Gasteiger partial charge in [0.2, 0.25) is 10.0 Å². The molecule has 0 spiro atoms. The van der Waals surface area contributed by atoms with Crippen LogP contribution < -0.4 is 5.32 Å². The highest BCUT2D eigenvalue weighted by molar-refractivity contribution is 7.89. The van der Waals surface area contributed by atoms with Crippen molar-refractivity contribution in [2.45, 2.75) is 38.6 Å². The molecule has 1 amide bonds. The first-order chi connectivity index (χ1) is 13.5. The maximum atomic E-state index is 12.9. The molecule has 154 valence electrons. The standard InChI is InChI=1S/C20H24N4O3S2/c1-11-17-13(3)21-14(4)23-20(17)28-18(11)19(25)22-12(2)15-7-9-16(10-8-15)29(26,27)24(5)6/h7-10,12H,1-6H3,(H,22,25). The maximum Gasteiger partial charge on any atom is 0.262 e. The van der Waals surface area contributed by atoms with Crippen LogP contribution in [0.25, 0.3) is 10.2 Å². The number of hydrogen-bond donors (Lipinski definition) is 1. The molecule has 0 fully saturated rings. The van der Waals surface area contributed by atoms with Crippen molar-refractivity contribution >= 4 is 37.5 Å². The molecule has 0 aliphatic rings. The van der Waals surface area contributed by atoms with Gasteiger partial charge in [-0.3, -0.25) is 4.79 Å². The Morgan fingerprint density at radius 1 is 1.10 bits per heavy atom. The van der Waals surface area contributed by atoms with Gasteiger partial charge in [-0.05, 0) is 51.0 Å². The summed E-state index contributed by atoms with van der Waals surface area (Å²) in [6.45, 7) is 7.53. The molecule has 1 aromatic carbocycles. The first-order valence-corrected chi connectivity index (χ1v) is 11.4. The molecule has 9 heteroatoms. The SMILES string of the molecule is Cc1nc(C)c2c(C)c(C(=O)NC(C)c3ccc(S(=O)(=O)N(C)C)cc3)sc2n1. The molecule has 2 heterocycles. The third-order valence-corrected chi connectivity index (χ3v) is 7.81. The Balaban J connectivity index is 1.83. The van der Waals surface area contributed by atoms with Crippen molar-refractivity contribution < 1.29 is 13.2 Å². The van der Waals surface area contributed by atoms with Crippen LogP contribution in [0.2, 0.25) is 0 Å². The van der Waals surface area contributed by atoms with Gasteiger partial charge in [0.15, 0.2) is 0 Å². The van der Waals surface area contributed by atoms with Crippen LogP contribution in [0.1, 0.15) is 45.3 Å². The van der Waals surface area contributed by atoms with E-state index in [0.717, 1.165) is 27.0 Å². The van der Waals surface area contributed by atoms with Crippen LogP contribution in [0, 0.1) is 20.8 Å². The highest BCUT2D eigenvalue weighted by Crippen LogP contribution is 2.31. The van der Waals surface area contributed by atoms with Gasteiger partial charge in [0.25, 0.3) is 5.91 Å². The number of thiophene rings is 1. The fourth-order valence-corrected chi connectivity index (χ4v) is 5.26. The summed E-state index contributed by atoms with van der Waals surface area (Å²) in [6, 6.07) is 6.27. The van der Waals surface area contributed by atoms with E-state index in [1.54, 1.807) is 24.3 Å². The molecule has 0 saturated carbocycles. The molecule has 0 bridgehead atoms. The van der Waals surface area contributed by atoms with E-state index in [4.69, 9.17) is 0 Å². The summed E-state index contributed by atoms with van der Waals surface area (Å²) in [5, 5.41) is 3.92. The van der Waals surface area contributed by atoms with Crippen molar-refractivity contribution in [1.82, 2.24) is 19.6 Å². The number of aryl methyl sites for hydroxylation is 3. The van der Waals surface area contributed by atoms with Crippen LogP contribution in [0.4, 0.5) is 0 Å². The van der Waals surface area contributed by atoms with Gasteiger partial charge < -0.3 is 5.32 Å². The summed E-state index contributed by atoms with van der Waals surface area (Å²) in [5.41, 5.74) is 2.56. The number of carbonyl (C=O) groups excluding carboxylic acids is 1. The fraction of sp³-hybridized carbons (Fsp3) is 0.350. The minimum atomic E-state index is -3.48. The van der Waals surface area contributed by atoms with Crippen molar-refractivity contribution in [3.8, 4) is 0 Å². The van der Waals surface area contributed by atoms with Gasteiger partial charge in [-0.15, -0.1) is 11.3 Å². The predicted molar refractivity (Wildman–Crippen MR) is 115 cm³/mol. The monoisotopic (exact) mass is 432 g/mol. The van der Waals surface area contributed by atoms with Gasteiger partial charge in [0.1, 0.15) is 10.7 Å². The molecule has 1 atom stereocenters. The topological polar surface area (TPSA) is 92.3 Å². The van der Waals surface area contributed by atoms with Gasteiger partial charge in [-0.25, -0.2) is 22.7 Å². The molecule has 7 nitrogen and oxygen atoms in total. The molecule has 0 radical (unpaired) electrons. The van der Waals surface area contributed by atoms with Crippen LogP contribution in [-0.4, -0.2) is 42.7 Å². The third-order valence-electron chi connectivity index (χ3n) is 4.80. The van der Waals surface area contributed by atoms with Crippen LogP contribution in [-0.2, 0) is 10.0 Å². The van der Waals surface area contributed by atoms with Crippen LogP contribution in [0.15, 0.2) is 29.2 Å². The molecule has 2 aromatic heterocycles. The molecule has 0 aliphatic carbocycles. The Morgan fingerprint density at radius 3 is 2.31 bits per heavy atom. The van der Waals surface area contributed by atoms with Crippen molar-refractivity contribution in [2.24, 2.45) is 0 Å². The van der Waals surface area contributed by atoms with E-state index in [1.807, 2.05) is 27.7 Å². The minimum Gasteiger partial charge on any atom is -0.345 e. The largest absolute Gasteiger partial charge is 0.345 e. The number of amides is 1. The number of nitrogens with one attached hydrogen (secondary N) is 1. The van der Waals surface area contributed by atoms with Crippen molar-refractivity contribution in [3.63, 3.8) is 0 Å². The molecule has 3 aromatic rings. The van der Waals surface area contributed by atoms with Crippen molar-refractivity contribution in [1.29, 1.82) is 0 Å². The summed E-state index contributed by atoms with van der Waals surface area (Å²) in [6.07, 6.45) is 0. The average molecular weight is 433 g/mol. The molecular formula is C20H24N4O3S2. The van der Waals surface area contributed by atoms with Gasteiger partial charge in [-0.2, -0.15) is 0 Å². The maximum absolute atomic E-state index is 12.9. The smallest absolute Gasteiger partial charge is 0.262 e. The van der Waals surface area contributed by atoms with Gasteiger partial charge in [0.05, 0.1) is 15.8 Å². The predicted octanol–water partition coefficient (Wildman–Crippen LogP) is 3.36. The lowest BCUT2D eigenvalue weighted by Gasteiger charge is -2.16. The molecule has 1 N–H and O–H groups in total. The van der Waals surface area contributed by atoms with E-state index in [9.17, 15) is 13.2 Å². The Labute approximate surface area is 174 Å². The number of benzene rings is 1. The Bertz CT molecular complexity index is 1180. The zero-order valence-corrected chi connectivity index (χ0v) is 18.9. The lowest BCUT2D eigenvalue weighted by atomic mass is 10.1. The van der Waals surface area contributed by atoms with Crippen molar-refractivity contribution in [3.05, 3.63) is 51.8 Å². The van der Waals surface area contributed by atoms with Gasteiger partial charge in [-0.1, -0.05) is 12.1 Å². The second-order valence-corrected chi connectivity index (χ2v) is 10.3. The van der Waals surface area contributed by atoms with E-state index in [0.29, 0.717) is 10.7 Å². The average Bonchev–Trinajstić information content (AvgIpc) is 2.98. The lowest BCUT2D eigenvalue weighted by Crippen LogP contribution is -2.26. The highest BCUT2D eigenvalue weighted by Gasteiger charge is 2.21. The summed E-state index contributed by atoms with van der Waals surface area (Å²) in [5.74, 6) is 0.504.